The van der Waals surface area contributed by atoms with Crippen LogP contribution in [0.4, 0.5) is 18.9 Å². The summed E-state index contributed by atoms with van der Waals surface area (Å²) < 4.78 is 36.4. The number of hydrogen-bond donors (Lipinski definition) is 2. The molecule has 0 bridgehead atoms. The molecule has 1 atom stereocenters. The van der Waals surface area contributed by atoms with Crippen LogP contribution in [0.3, 0.4) is 0 Å². The van der Waals surface area contributed by atoms with E-state index in [0.717, 1.165) is 0 Å². The lowest BCUT2D eigenvalue weighted by Crippen LogP contribution is -2.35. The third-order valence-electron chi connectivity index (χ3n) is 2.22. The largest absolute Gasteiger partial charge is 0.416 e. The molecule has 98 valence electrons. The van der Waals surface area contributed by atoms with Gasteiger partial charge in [0, 0.05) is 11.4 Å². The highest BCUT2D eigenvalue weighted by molar-refractivity contribution is 7.98. The number of hydrogen-bond acceptors (Lipinski definition) is 4. The molecule has 18 heavy (non-hydrogen) atoms. The van der Waals surface area contributed by atoms with Gasteiger partial charge < -0.3 is 10.4 Å². The van der Waals surface area contributed by atoms with E-state index in [1.807, 2.05) is 6.07 Å². The molecule has 1 unspecified atom stereocenters. The van der Waals surface area contributed by atoms with E-state index >= 15 is 0 Å². The molecule has 0 amide bonds. The number of halogens is 3. The molecule has 3 nitrogen and oxygen atoms in total. The minimum absolute atomic E-state index is 0.277. The Hall–Kier alpha value is -1.39. The summed E-state index contributed by atoms with van der Waals surface area (Å²) in [5.41, 5.74) is 0.562. The number of nitrogens with zero attached hydrogens (tertiary/aromatic N) is 1. The standard InChI is InChI=1S/C11H11F3N2OS/c1-18-9-4-2-3-8(7(9)5-15)16-6-10(17)11(12,13)14/h2-4,10,16-17H,6H2,1H3. The van der Waals surface area contributed by atoms with Crippen LogP contribution in [0.1, 0.15) is 5.56 Å². The van der Waals surface area contributed by atoms with Crippen molar-refractivity contribution in [1.29, 1.82) is 5.26 Å². The smallest absolute Gasteiger partial charge is 0.382 e. The van der Waals surface area contributed by atoms with Gasteiger partial charge in [0.25, 0.3) is 0 Å². The number of alkyl halides is 3. The first-order chi connectivity index (χ1) is 8.40. The molecule has 0 aliphatic heterocycles. The van der Waals surface area contributed by atoms with E-state index in [4.69, 9.17) is 10.4 Å². The third-order valence-corrected chi connectivity index (χ3v) is 3.00. The van der Waals surface area contributed by atoms with Crippen molar-refractivity contribution in [2.24, 2.45) is 0 Å². The fourth-order valence-electron chi connectivity index (χ4n) is 1.29. The number of aliphatic hydroxyl groups is 1. The Kier molecular flexibility index (Phi) is 4.87. The third kappa shape index (κ3) is 3.55. The fourth-order valence-corrected chi connectivity index (χ4v) is 1.86. The van der Waals surface area contributed by atoms with Gasteiger partial charge in [-0.2, -0.15) is 18.4 Å². The molecule has 0 aliphatic rings. The van der Waals surface area contributed by atoms with Gasteiger partial charge in [-0.15, -0.1) is 11.8 Å². The number of aliphatic hydroxyl groups excluding tert-OH is 1. The Morgan fingerprint density at radius 2 is 2.17 bits per heavy atom. The van der Waals surface area contributed by atoms with Crippen LogP contribution in [-0.2, 0) is 0 Å². The second kappa shape index (κ2) is 5.98. The lowest BCUT2D eigenvalue weighted by atomic mass is 10.2. The van der Waals surface area contributed by atoms with E-state index in [9.17, 15) is 13.2 Å². The summed E-state index contributed by atoms with van der Waals surface area (Å²) in [6.45, 7) is -0.685. The number of nitriles is 1. The minimum atomic E-state index is -4.67. The highest BCUT2D eigenvalue weighted by Crippen LogP contribution is 2.27. The summed E-state index contributed by atoms with van der Waals surface area (Å²) in [4.78, 5) is 0.670. The molecule has 1 aromatic rings. The van der Waals surface area contributed by atoms with Crippen molar-refractivity contribution in [2.75, 3.05) is 18.1 Å². The van der Waals surface area contributed by atoms with Crippen LogP contribution < -0.4 is 5.32 Å². The summed E-state index contributed by atoms with van der Waals surface area (Å²) in [5.74, 6) is 0. The normalized spacial score (nSPS) is 12.9. The molecule has 0 heterocycles. The second-order valence-electron chi connectivity index (χ2n) is 3.43. The monoisotopic (exact) mass is 276 g/mol. The predicted molar refractivity (Wildman–Crippen MR) is 63.5 cm³/mol. The maximum atomic E-state index is 12.1. The van der Waals surface area contributed by atoms with Gasteiger partial charge in [-0.25, -0.2) is 0 Å². The Morgan fingerprint density at radius 1 is 1.50 bits per heavy atom. The van der Waals surface area contributed by atoms with Gasteiger partial charge in [-0.1, -0.05) is 6.07 Å². The maximum Gasteiger partial charge on any atom is 0.416 e. The van der Waals surface area contributed by atoms with Crippen molar-refractivity contribution in [2.45, 2.75) is 17.2 Å². The zero-order valence-corrected chi connectivity index (χ0v) is 10.3. The molecule has 1 aromatic carbocycles. The molecule has 0 spiro atoms. The SMILES string of the molecule is CSc1cccc(NCC(O)C(F)(F)F)c1C#N. The predicted octanol–water partition coefficient (Wildman–Crippen LogP) is 2.62. The van der Waals surface area contributed by atoms with E-state index in [-0.39, 0.29) is 11.3 Å². The van der Waals surface area contributed by atoms with E-state index in [1.54, 1.807) is 18.4 Å². The lowest BCUT2D eigenvalue weighted by Gasteiger charge is -2.16. The maximum absolute atomic E-state index is 12.1. The minimum Gasteiger partial charge on any atom is -0.382 e. The highest BCUT2D eigenvalue weighted by Gasteiger charge is 2.37. The van der Waals surface area contributed by atoms with E-state index < -0.39 is 18.8 Å². The van der Waals surface area contributed by atoms with Crippen molar-refractivity contribution in [1.82, 2.24) is 0 Å². The van der Waals surface area contributed by atoms with Gasteiger partial charge in [-0.05, 0) is 18.4 Å². The second-order valence-corrected chi connectivity index (χ2v) is 4.28. The van der Waals surface area contributed by atoms with Crippen LogP contribution >= 0.6 is 11.8 Å². The van der Waals surface area contributed by atoms with E-state index in [0.29, 0.717) is 4.90 Å². The van der Waals surface area contributed by atoms with Crippen molar-refractivity contribution >= 4 is 17.4 Å². The zero-order chi connectivity index (χ0) is 13.8. The molecule has 1 rings (SSSR count). The van der Waals surface area contributed by atoms with Gasteiger partial charge in [0.15, 0.2) is 6.10 Å². The fraction of sp³-hybridized carbons (Fsp3) is 0.364. The van der Waals surface area contributed by atoms with Crippen LogP contribution in [0.5, 0.6) is 0 Å². The summed E-state index contributed by atoms with van der Waals surface area (Å²) in [5, 5.41) is 20.3. The first-order valence-corrected chi connectivity index (χ1v) is 6.18. The molecule has 0 aliphatic carbocycles. The molecular weight excluding hydrogens is 265 g/mol. The van der Waals surface area contributed by atoms with Gasteiger partial charge in [0.2, 0.25) is 0 Å². The Labute approximate surface area is 107 Å². The van der Waals surface area contributed by atoms with Crippen molar-refractivity contribution in [3.8, 4) is 6.07 Å². The molecule has 2 N–H and O–H groups in total. The molecule has 0 radical (unpaired) electrons. The van der Waals surface area contributed by atoms with Gasteiger partial charge in [0.1, 0.15) is 6.07 Å². The van der Waals surface area contributed by atoms with Gasteiger partial charge in [-0.3, -0.25) is 0 Å². The Morgan fingerprint density at radius 3 is 2.67 bits per heavy atom. The highest BCUT2D eigenvalue weighted by atomic mass is 32.2. The van der Waals surface area contributed by atoms with Crippen molar-refractivity contribution in [3.05, 3.63) is 23.8 Å². The molecule has 0 aromatic heterocycles. The number of nitrogens with one attached hydrogen (secondary N) is 1. The Balaban J connectivity index is 2.83. The number of thioether (sulfide) groups is 1. The molecule has 0 saturated carbocycles. The van der Waals surface area contributed by atoms with E-state index in [2.05, 4.69) is 5.32 Å². The van der Waals surface area contributed by atoms with Crippen LogP contribution in [0.25, 0.3) is 0 Å². The first kappa shape index (κ1) is 14.7. The summed E-state index contributed by atoms with van der Waals surface area (Å²) >= 11 is 1.33. The topological polar surface area (TPSA) is 56.0 Å². The number of anilines is 1. The van der Waals surface area contributed by atoms with Crippen LogP contribution in [0.15, 0.2) is 23.1 Å². The van der Waals surface area contributed by atoms with Crippen molar-refractivity contribution in [3.63, 3.8) is 0 Å². The zero-order valence-electron chi connectivity index (χ0n) is 9.45. The quantitative estimate of drug-likeness (QED) is 0.830. The molecular formula is C11H11F3N2OS. The van der Waals surface area contributed by atoms with Crippen LogP contribution in [0, 0.1) is 11.3 Å². The lowest BCUT2D eigenvalue weighted by molar-refractivity contribution is -0.198. The van der Waals surface area contributed by atoms with Gasteiger partial charge >= 0.3 is 6.18 Å². The van der Waals surface area contributed by atoms with Gasteiger partial charge in [0.05, 0.1) is 11.3 Å². The van der Waals surface area contributed by atoms with Crippen molar-refractivity contribution < 1.29 is 18.3 Å². The number of benzene rings is 1. The average molecular weight is 276 g/mol. The van der Waals surface area contributed by atoms with E-state index in [1.165, 1.54) is 17.8 Å². The number of rotatable bonds is 4. The average Bonchev–Trinajstić information content (AvgIpc) is 2.33. The van der Waals surface area contributed by atoms with Crippen LogP contribution in [-0.4, -0.2) is 30.2 Å². The first-order valence-electron chi connectivity index (χ1n) is 4.96. The molecule has 0 saturated heterocycles. The summed E-state index contributed by atoms with van der Waals surface area (Å²) in [6.07, 6.45) is -5.36. The molecule has 7 heteroatoms. The van der Waals surface area contributed by atoms with Crippen LogP contribution in [0.2, 0.25) is 0 Å². The Bertz CT molecular complexity index is 457. The summed E-state index contributed by atoms with van der Waals surface area (Å²) in [6, 6.07) is 6.77. The summed E-state index contributed by atoms with van der Waals surface area (Å²) in [7, 11) is 0. The molecule has 0 fully saturated rings.